The lowest BCUT2D eigenvalue weighted by Crippen LogP contribution is -2.17. The van der Waals surface area contributed by atoms with Gasteiger partial charge in [0.2, 0.25) is 5.88 Å². The van der Waals surface area contributed by atoms with E-state index in [1.165, 1.54) is 19.1 Å². The molecule has 1 aliphatic rings. The normalized spacial score (nSPS) is 14.6. The van der Waals surface area contributed by atoms with Gasteiger partial charge in [-0.15, -0.1) is 0 Å². The molecule has 0 atom stereocenters. The van der Waals surface area contributed by atoms with E-state index in [-0.39, 0.29) is 5.91 Å². The summed E-state index contributed by atoms with van der Waals surface area (Å²) < 4.78 is 7.52. The molecule has 5 nitrogen and oxygen atoms in total. The summed E-state index contributed by atoms with van der Waals surface area (Å²) in [5.41, 5.74) is 3.03. The molecule has 0 unspecified atom stereocenters. The van der Waals surface area contributed by atoms with Crippen LogP contribution in [0.2, 0.25) is 0 Å². The van der Waals surface area contributed by atoms with E-state index in [0.29, 0.717) is 11.3 Å². The first-order chi connectivity index (χ1) is 11.1. The van der Waals surface area contributed by atoms with Gasteiger partial charge >= 0.3 is 0 Å². The molecule has 0 radical (unpaired) electrons. The zero-order valence-electron chi connectivity index (χ0n) is 12.3. The van der Waals surface area contributed by atoms with E-state index < -0.39 is 0 Å². The number of carbonyl (C=O) groups excluding carboxylic acids is 1. The summed E-state index contributed by atoms with van der Waals surface area (Å²) in [4.78, 5) is 14.2. The number of rotatable bonds is 4. The first-order valence-electron chi connectivity index (χ1n) is 7.27. The van der Waals surface area contributed by atoms with Crippen LogP contribution >= 0.6 is 31.9 Å². The van der Waals surface area contributed by atoms with Crippen molar-refractivity contribution in [1.29, 1.82) is 0 Å². The van der Waals surface area contributed by atoms with Gasteiger partial charge in [-0.1, -0.05) is 22.0 Å². The smallest absolute Gasteiger partial charge is 0.271 e. The minimum absolute atomic E-state index is 0.270. The highest BCUT2D eigenvalue weighted by atomic mass is 79.9. The van der Waals surface area contributed by atoms with Gasteiger partial charge in [-0.05, 0) is 47.0 Å². The molecule has 1 N–H and O–H groups in total. The SMILES string of the molecule is O=C(N/N=C\c1cc(Br)c(N2CCCC2)o1)c1cccc(Br)c1. The summed E-state index contributed by atoms with van der Waals surface area (Å²) in [5, 5.41) is 3.96. The van der Waals surface area contributed by atoms with E-state index in [0.717, 1.165) is 27.9 Å². The fourth-order valence-corrected chi connectivity index (χ4v) is 3.38. The largest absolute Gasteiger partial charge is 0.438 e. The van der Waals surface area contributed by atoms with Gasteiger partial charge in [0, 0.05) is 29.2 Å². The summed E-state index contributed by atoms with van der Waals surface area (Å²) in [7, 11) is 0. The number of hydrogen-bond acceptors (Lipinski definition) is 4. The second-order valence-electron chi connectivity index (χ2n) is 5.21. The molecule has 2 aromatic rings. The number of furan rings is 1. The fraction of sp³-hybridized carbons (Fsp3) is 0.250. The van der Waals surface area contributed by atoms with E-state index >= 15 is 0 Å². The number of hydrazone groups is 1. The van der Waals surface area contributed by atoms with Crippen molar-refractivity contribution in [3.05, 3.63) is 50.6 Å². The third-order valence-corrected chi connectivity index (χ3v) is 4.59. The van der Waals surface area contributed by atoms with Crippen molar-refractivity contribution < 1.29 is 9.21 Å². The van der Waals surface area contributed by atoms with Crippen LogP contribution < -0.4 is 10.3 Å². The van der Waals surface area contributed by atoms with Gasteiger partial charge in [0.05, 0.1) is 10.7 Å². The van der Waals surface area contributed by atoms with Crippen LogP contribution in [0, 0.1) is 0 Å². The van der Waals surface area contributed by atoms with Gasteiger partial charge in [0.15, 0.2) is 5.76 Å². The Bertz CT molecular complexity index is 737. The number of benzene rings is 1. The predicted molar refractivity (Wildman–Crippen MR) is 97.1 cm³/mol. The molecule has 7 heteroatoms. The molecule has 0 aliphatic carbocycles. The number of amides is 1. The zero-order chi connectivity index (χ0) is 16.2. The highest BCUT2D eigenvalue weighted by Gasteiger charge is 2.19. The maximum absolute atomic E-state index is 12.0. The molecule has 1 fully saturated rings. The van der Waals surface area contributed by atoms with E-state index in [1.54, 1.807) is 18.2 Å². The summed E-state index contributed by atoms with van der Waals surface area (Å²) in [6.07, 6.45) is 3.86. The lowest BCUT2D eigenvalue weighted by molar-refractivity contribution is 0.0955. The highest BCUT2D eigenvalue weighted by molar-refractivity contribution is 9.10. The third kappa shape index (κ3) is 4.03. The average Bonchev–Trinajstić information content (AvgIpc) is 3.16. The van der Waals surface area contributed by atoms with Crippen LogP contribution in [0.1, 0.15) is 29.0 Å². The maximum atomic E-state index is 12.0. The lowest BCUT2D eigenvalue weighted by Gasteiger charge is -2.13. The summed E-state index contributed by atoms with van der Waals surface area (Å²) in [5.74, 6) is 1.14. The van der Waals surface area contributed by atoms with Gasteiger partial charge in [0.1, 0.15) is 0 Å². The van der Waals surface area contributed by atoms with Gasteiger partial charge in [-0.25, -0.2) is 5.43 Å². The van der Waals surface area contributed by atoms with Crippen molar-refractivity contribution in [1.82, 2.24) is 5.43 Å². The van der Waals surface area contributed by atoms with Crippen LogP contribution in [0.3, 0.4) is 0 Å². The van der Waals surface area contributed by atoms with Crippen LogP contribution in [0.25, 0.3) is 0 Å². The Balaban J connectivity index is 1.64. The molecular weight excluding hydrogens is 426 g/mol. The maximum Gasteiger partial charge on any atom is 0.271 e. The van der Waals surface area contributed by atoms with Crippen molar-refractivity contribution in [3.63, 3.8) is 0 Å². The average molecular weight is 441 g/mol. The van der Waals surface area contributed by atoms with Crippen LogP contribution in [0.15, 0.2) is 48.8 Å². The molecule has 3 rings (SSSR count). The monoisotopic (exact) mass is 439 g/mol. The van der Waals surface area contributed by atoms with E-state index in [2.05, 4.69) is 47.3 Å². The van der Waals surface area contributed by atoms with E-state index in [1.807, 2.05) is 12.1 Å². The van der Waals surface area contributed by atoms with Crippen molar-refractivity contribution in [2.45, 2.75) is 12.8 Å². The quantitative estimate of drug-likeness (QED) is 0.573. The fourth-order valence-electron chi connectivity index (χ4n) is 2.42. The van der Waals surface area contributed by atoms with Crippen molar-refractivity contribution in [3.8, 4) is 0 Å². The van der Waals surface area contributed by atoms with Gasteiger partial charge < -0.3 is 9.32 Å². The molecule has 23 heavy (non-hydrogen) atoms. The molecule has 0 saturated carbocycles. The number of hydrogen-bond donors (Lipinski definition) is 1. The van der Waals surface area contributed by atoms with Crippen LogP contribution in [0.5, 0.6) is 0 Å². The minimum atomic E-state index is -0.270. The van der Waals surface area contributed by atoms with Crippen molar-refractivity contribution >= 4 is 49.9 Å². The predicted octanol–water partition coefficient (Wildman–Crippen LogP) is 4.17. The number of nitrogens with zero attached hydrogens (tertiary/aromatic N) is 2. The second kappa shape index (κ2) is 7.31. The first kappa shape index (κ1) is 16.3. The minimum Gasteiger partial charge on any atom is -0.438 e. The third-order valence-electron chi connectivity index (χ3n) is 3.53. The lowest BCUT2D eigenvalue weighted by atomic mass is 10.2. The Labute approximate surface area is 151 Å². The van der Waals surface area contributed by atoms with Crippen molar-refractivity contribution in [2.24, 2.45) is 5.10 Å². The number of nitrogens with one attached hydrogen (secondary N) is 1. The van der Waals surface area contributed by atoms with E-state index in [9.17, 15) is 4.79 Å². The van der Waals surface area contributed by atoms with Gasteiger partial charge in [-0.2, -0.15) is 5.10 Å². The zero-order valence-corrected chi connectivity index (χ0v) is 15.4. The molecule has 1 aromatic heterocycles. The Kier molecular flexibility index (Phi) is 5.17. The summed E-state index contributed by atoms with van der Waals surface area (Å²) >= 11 is 6.84. The summed E-state index contributed by atoms with van der Waals surface area (Å²) in [6.45, 7) is 2.00. The van der Waals surface area contributed by atoms with Crippen LogP contribution in [-0.2, 0) is 0 Å². The molecule has 2 heterocycles. The molecule has 1 amide bonds. The Hall–Kier alpha value is -1.60. The van der Waals surface area contributed by atoms with Crippen LogP contribution in [-0.4, -0.2) is 25.2 Å². The standard InChI is InChI=1S/C16H15Br2N3O2/c17-12-5-3-4-11(8-12)15(22)20-19-10-13-9-14(18)16(23-13)21-6-1-2-7-21/h3-5,8-10H,1-2,6-7H2,(H,20,22)/b19-10-. The number of halogens is 2. The van der Waals surface area contributed by atoms with Gasteiger partial charge in [-0.3, -0.25) is 4.79 Å². The van der Waals surface area contributed by atoms with Gasteiger partial charge in [0.25, 0.3) is 5.91 Å². The second-order valence-corrected chi connectivity index (χ2v) is 6.98. The molecular formula is C16H15Br2N3O2. The number of anilines is 1. The highest BCUT2D eigenvalue weighted by Crippen LogP contribution is 2.31. The molecule has 0 spiro atoms. The summed E-state index contributed by atoms with van der Waals surface area (Å²) in [6, 6.07) is 8.97. The number of carbonyl (C=O) groups is 1. The Morgan fingerprint density at radius 1 is 1.26 bits per heavy atom. The molecule has 0 bridgehead atoms. The van der Waals surface area contributed by atoms with Crippen molar-refractivity contribution in [2.75, 3.05) is 18.0 Å². The molecule has 1 aromatic carbocycles. The Morgan fingerprint density at radius 2 is 2.04 bits per heavy atom. The van der Waals surface area contributed by atoms with Crippen LogP contribution in [0.4, 0.5) is 5.88 Å². The topological polar surface area (TPSA) is 57.8 Å². The first-order valence-corrected chi connectivity index (χ1v) is 8.85. The van der Waals surface area contributed by atoms with E-state index in [4.69, 9.17) is 4.42 Å². The molecule has 1 saturated heterocycles. The molecule has 120 valence electrons. The Morgan fingerprint density at radius 3 is 2.78 bits per heavy atom. The molecule has 1 aliphatic heterocycles.